The molecule has 31 heavy (non-hydrogen) atoms. The number of hydrogen-bond donors (Lipinski definition) is 1. The molecule has 1 atom stereocenters. The van der Waals surface area contributed by atoms with E-state index >= 15 is 0 Å². The summed E-state index contributed by atoms with van der Waals surface area (Å²) in [5, 5.41) is 5.33. The minimum Gasteiger partial charge on any atom is -0.756 e. The van der Waals surface area contributed by atoms with Gasteiger partial charge in [-0.2, -0.15) is 9.67 Å². The molecule has 0 fully saturated rings. The van der Waals surface area contributed by atoms with E-state index in [-0.39, 0.29) is 6.73 Å². The number of hydrogen-bond acceptors (Lipinski definition) is 6. The van der Waals surface area contributed by atoms with Crippen LogP contribution in [0.25, 0.3) is 11.1 Å². The summed E-state index contributed by atoms with van der Waals surface area (Å²) < 4.78 is 18.5. The van der Waals surface area contributed by atoms with Crippen LogP contribution in [0, 0.1) is 0 Å². The number of rotatable bonds is 8. The van der Waals surface area contributed by atoms with E-state index in [1.807, 2.05) is 65.6 Å². The van der Waals surface area contributed by atoms with Gasteiger partial charge in [0.2, 0.25) is 0 Å². The van der Waals surface area contributed by atoms with Gasteiger partial charge in [0, 0.05) is 34.5 Å². The van der Waals surface area contributed by atoms with Crippen LogP contribution in [0.3, 0.4) is 0 Å². The van der Waals surface area contributed by atoms with Crippen LogP contribution in [0.4, 0.5) is 0 Å². The molecular formula is C21H19N4O4PS. The van der Waals surface area contributed by atoms with Crippen molar-refractivity contribution in [1.82, 2.24) is 14.8 Å². The van der Waals surface area contributed by atoms with Crippen LogP contribution in [0.1, 0.15) is 5.56 Å². The fraction of sp³-hybridized carbons (Fsp3) is 0.0952. The molecule has 0 amide bonds. The molecule has 4 aromatic rings. The quantitative estimate of drug-likeness (QED) is 0.322. The predicted octanol–water partition coefficient (Wildman–Crippen LogP) is 2.87. The largest absolute Gasteiger partial charge is 0.756 e. The zero-order chi connectivity index (χ0) is 21.7. The van der Waals surface area contributed by atoms with Gasteiger partial charge in [0.15, 0.2) is 12.4 Å². The van der Waals surface area contributed by atoms with Crippen molar-refractivity contribution in [3.8, 4) is 11.1 Å². The Hall–Kier alpha value is -2.81. The molecule has 0 radical (unpaired) electrons. The maximum atomic E-state index is 10.8. The van der Waals surface area contributed by atoms with E-state index in [4.69, 9.17) is 4.89 Å². The van der Waals surface area contributed by atoms with Crippen molar-refractivity contribution in [2.24, 2.45) is 0 Å². The predicted molar refractivity (Wildman–Crippen MR) is 113 cm³/mol. The molecule has 0 aliphatic heterocycles. The van der Waals surface area contributed by atoms with Gasteiger partial charge in [0.25, 0.3) is 14.6 Å². The number of benzene rings is 1. The zero-order valence-corrected chi connectivity index (χ0v) is 18.0. The average Bonchev–Trinajstić information content (AvgIpc) is 3.23. The molecule has 0 aliphatic carbocycles. The zero-order valence-electron chi connectivity index (χ0n) is 16.3. The Balaban J connectivity index is 1.41. The summed E-state index contributed by atoms with van der Waals surface area (Å²) >= 11 is 1.61. The monoisotopic (exact) mass is 454 g/mol. The molecule has 158 valence electrons. The summed E-state index contributed by atoms with van der Waals surface area (Å²) in [6.45, 7) is 0.265. The van der Waals surface area contributed by atoms with Crippen LogP contribution < -0.4 is 9.46 Å². The first-order valence-corrected chi connectivity index (χ1v) is 11.6. The molecule has 0 aliphatic rings. The summed E-state index contributed by atoms with van der Waals surface area (Å²) in [6.07, 6.45) is 8.84. The standard InChI is InChI=1S/C21H19N4O4PS/c26-30(27,28)29-16-24-10-4-5-18(14-24)19-12-23-25(15-19)13-17-8-9-21(22-11-17)31-20-6-2-1-3-7-20/h1-12,14-15H,13,16H2,(H-,26,27,28). The van der Waals surface area contributed by atoms with Gasteiger partial charge >= 0.3 is 0 Å². The lowest BCUT2D eigenvalue weighted by Crippen LogP contribution is -2.34. The normalized spacial score (nSPS) is 13.1. The second-order valence-electron chi connectivity index (χ2n) is 6.68. The second kappa shape index (κ2) is 9.55. The molecule has 0 spiro atoms. The van der Waals surface area contributed by atoms with Crippen LogP contribution in [-0.2, 0) is 22.4 Å². The second-order valence-corrected chi connectivity index (χ2v) is 8.97. The molecule has 0 bridgehead atoms. The van der Waals surface area contributed by atoms with Gasteiger partial charge in [-0.25, -0.2) is 4.98 Å². The third-order valence-electron chi connectivity index (χ3n) is 4.30. The van der Waals surface area contributed by atoms with E-state index in [2.05, 4.69) is 14.6 Å². The molecule has 8 nitrogen and oxygen atoms in total. The van der Waals surface area contributed by atoms with Gasteiger partial charge in [0.05, 0.1) is 12.7 Å². The summed E-state index contributed by atoms with van der Waals surface area (Å²) in [5.74, 6) is 0. The topological polar surface area (TPSA) is 104 Å². The van der Waals surface area contributed by atoms with Gasteiger partial charge in [-0.15, -0.1) is 0 Å². The lowest BCUT2D eigenvalue weighted by Gasteiger charge is -2.12. The minimum absolute atomic E-state index is 0.307. The minimum atomic E-state index is -4.77. The van der Waals surface area contributed by atoms with E-state index in [1.54, 1.807) is 36.4 Å². The Kier molecular flexibility index (Phi) is 6.60. The molecule has 1 unspecified atom stereocenters. The smallest absolute Gasteiger partial charge is 0.270 e. The Morgan fingerprint density at radius 3 is 2.68 bits per heavy atom. The molecule has 0 saturated carbocycles. The number of aromatic nitrogens is 4. The summed E-state index contributed by atoms with van der Waals surface area (Å²) in [7, 11) is -4.77. The summed E-state index contributed by atoms with van der Waals surface area (Å²) in [4.78, 5) is 25.2. The van der Waals surface area contributed by atoms with Crippen molar-refractivity contribution >= 4 is 19.6 Å². The van der Waals surface area contributed by atoms with E-state index in [9.17, 15) is 9.46 Å². The number of nitrogens with zero attached hydrogens (tertiary/aromatic N) is 4. The Morgan fingerprint density at radius 2 is 1.94 bits per heavy atom. The highest BCUT2D eigenvalue weighted by Gasteiger charge is 2.11. The van der Waals surface area contributed by atoms with Crippen molar-refractivity contribution < 1.29 is 23.4 Å². The van der Waals surface area contributed by atoms with Crippen LogP contribution in [-0.4, -0.2) is 19.7 Å². The first kappa shape index (κ1) is 21.4. The van der Waals surface area contributed by atoms with Gasteiger partial charge in [0.1, 0.15) is 5.03 Å². The Morgan fingerprint density at radius 1 is 1.10 bits per heavy atom. The van der Waals surface area contributed by atoms with Crippen molar-refractivity contribution in [2.75, 3.05) is 0 Å². The average molecular weight is 454 g/mol. The fourth-order valence-electron chi connectivity index (χ4n) is 2.87. The van der Waals surface area contributed by atoms with Crippen LogP contribution >= 0.6 is 19.6 Å². The molecule has 3 aromatic heterocycles. The molecular weight excluding hydrogens is 435 g/mol. The maximum absolute atomic E-state index is 10.8. The summed E-state index contributed by atoms with van der Waals surface area (Å²) in [5.41, 5.74) is 2.73. The number of pyridine rings is 2. The van der Waals surface area contributed by atoms with Crippen LogP contribution in [0.5, 0.6) is 0 Å². The van der Waals surface area contributed by atoms with Crippen molar-refractivity contribution in [3.05, 3.63) is 91.1 Å². The highest BCUT2D eigenvalue weighted by Crippen LogP contribution is 2.29. The molecule has 1 N–H and O–H groups in total. The highest BCUT2D eigenvalue weighted by atomic mass is 32.2. The van der Waals surface area contributed by atoms with Crippen molar-refractivity contribution in [2.45, 2.75) is 23.2 Å². The Labute approximate surface area is 183 Å². The van der Waals surface area contributed by atoms with Gasteiger partial charge in [-0.3, -0.25) is 13.8 Å². The van der Waals surface area contributed by atoms with Crippen LogP contribution in [0.2, 0.25) is 0 Å². The highest BCUT2D eigenvalue weighted by molar-refractivity contribution is 7.99. The van der Waals surface area contributed by atoms with E-state index in [0.717, 1.165) is 26.6 Å². The van der Waals surface area contributed by atoms with Gasteiger partial charge in [-0.05, 0) is 29.8 Å². The summed E-state index contributed by atoms with van der Waals surface area (Å²) in [6, 6.07) is 17.8. The van der Waals surface area contributed by atoms with E-state index in [1.165, 1.54) is 4.57 Å². The molecule has 1 aromatic carbocycles. The SMILES string of the molecule is O=P([O-])(O)OC[n+]1cccc(-c2cnn(Cc3ccc(Sc4ccccc4)nc3)c2)c1. The third-order valence-corrected chi connectivity index (χ3v) is 5.70. The fourth-order valence-corrected chi connectivity index (χ4v) is 3.93. The lowest BCUT2D eigenvalue weighted by molar-refractivity contribution is -0.726. The number of phosphoric acid groups is 1. The van der Waals surface area contributed by atoms with Gasteiger partial charge < -0.3 is 9.79 Å². The van der Waals surface area contributed by atoms with E-state index < -0.39 is 7.82 Å². The third kappa shape index (κ3) is 6.33. The van der Waals surface area contributed by atoms with E-state index in [0.29, 0.717) is 6.54 Å². The Bertz CT molecular complexity index is 1200. The molecule has 4 rings (SSSR count). The first-order chi connectivity index (χ1) is 14.9. The molecule has 0 saturated heterocycles. The lowest BCUT2D eigenvalue weighted by atomic mass is 10.2. The first-order valence-electron chi connectivity index (χ1n) is 9.33. The number of phosphoric ester groups is 1. The van der Waals surface area contributed by atoms with Crippen molar-refractivity contribution in [3.63, 3.8) is 0 Å². The van der Waals surface area contributed by atoms with Gasteiger partial charge in [-0.1, -0.05) is 36.0 Å². The maximum Gasteiger partial charge on any atom is 0.270 e. The van der Waals surface area contributed by atoms with Crippen molar-refractivity contribution in [1.29, 1.82) is 0 Å². The van der Waals surface area contributed by atoms with Crippen LogP contribution in [0.15, 0.2) is 95.5 Å². The molecule has 3 heterocycles. The molecule has 10 heteroatoms.